The van der Waals surface area contributed by atoms with Crippen molar-refractivity contribution in [1.29, 1.82) is 0 Å². The van der Waals surface area contributed by atoms with Crippen LogP contribution >= 0.6 is 24.0 Å². The van der Waals surface area contributed by atoms with Gasteiger partial charge in [0.1, 0.15) is 10.9 Å². The van der Waals surface area contributed by atoms with Gasteiger partial charge in [-0.1, -0.05) is 54.3 Å². The maximum Gasteiger partial charge on any atom is 0.416 e. The molecule has 0 bridgehead atoms. The minimum Gasteiger partial charge on any atom is -0.325 e. The Hall–Kier alpha value is -3.44. The van der Waals surface area contributed by atoms with Crippen LogP contribution in [-0.2, 0) is 20.6 Å². The minimum absolute atomic E-state index is 0.0507. The predicted molar refractivity (Wildman–Crippen MR) is 128 cm³/mol. The number of carbonyl (C=O) groups excluding carboxylic acids is 3. The first-order valence-corrected chi connectivity index (χ1v) is 11.1. The van der Waals surface area contributed by atoms with E-state index in [1.807, 2.05) is 0 Å². The summed E-state index contributed by atoms with van der Waals surface area (Å²) in [7, 11) is 0. The van der Waals surface area contributed by atoms with Crippen LogP contribution < -0.4 is 10.2 Å². The number of thiocarbonyl (C=S) groups is 1. The zero-order valence-electron chi connectivity index (χ0n) is 17.4. The lowest BCUT2D eigenvalue weighted by atomic mass is 10.1. The van der Waals surface area contributed by atoms with Gasteiger partial charge in [-0.05, 0) is 24.3 Å². The summed E-state index contributed by atoms with van der Waals surface area (Å²) in [5, 5.41) is 2.40. The minimum atomic E-state index is -4.56. The van der Waals surface area contributed by atoms with Crippen molar-refractivity contribution in [2.24, 2.45) is 0 Å². The van der Waals surface area contributed by atoms with Gasteiger partial charge in [-0.2, -0.15) is 13.2 Å². The number of thioether (sulfide) groups is 1. The van der Waals surface area contributed by atoms with Gasteiger partial charge >= 0.3 is 6.18 Å². The Morgan fingerprint density at radius 3 is 2.53 bits per heavy atom. The molecule has 2 heterocycles. The Labute approximate surface area is 202 Å². The van der Waals surface area contributed by atoms with Crippen LogP contribution in [0.5, 0.6) is 0 Å². The Morgan fingerprint density at radius 1 is 1.09 bits per heavy atom. The molecule has 0 saturated carbocycles. The summed E-state index contributed by atoms with van der Waals surface area (Å²) in [6.07, 6.45) is -3.04. The summed E-state index contributed by atoms with van der Waals surface area (Å²) in [6, 6.07) is 10.9. The van der Waals surface area contributed by atoms with Crippen molar-refractivity contribution in [2.75, 3.05) is 23.3 Å². The van der Waals surface area contributed by atoms with Crippen molar-refractivity contribution in [2.45, 2.75) is 6.18 Å². The molecule has 0 atom stereocenters. The molecule has 34 heavy (non-hydrogen) atoms. The van der Waals surface area contributed by atoms with Gasteiger partial charge in [0, 0.05) is 17.8 Å². The third kappa shape index (κ3) is 4.36. The molecule has 2 aromatic rings. The quantitative estimate of drug-likeness (QED) is 0.371. The van der Waals surface area contributed by atoms with E-state index >= 15 is 0 Å². The van der Waals surface area contributed by atoms with Crippen LogP contribution in [-0.4, -0.2) is 40.0 Å². The van der Waals surface area contributed by atoms with Crippen LogP contribution in [0.15, 0.2) is 66.1 Å². The number of nitrogens with one attached hydrogen (secondary N) is 1. The molecule has 1 fully saturated rings. The lowest BCUT2D eigenvalue weighted by molar-refractivity contribution is -0.137. The number of alkyl halides is 3. The number of anilines is 2. The monoisotopic (exact) mass is 503 g/mol. The molecular weight excluding hydrogens is 487 g/mol. The smallest absolute Gasteiger partial charge is 0.325 e. The number of benzene rings is 2. The van der Waals surface area contributed by atoms with Gasteiger partial charge in [-0.3, -0.25) is 24.2 Å². The summed E-state index contributed by atoms with van der Waals surface area (Å²) in [5.74, 6) is -1.69. The lowest BCUT2D eigenvalue weighted by Gasteiger charge is -2.17. The Kier molecular flexibility index (Phi) is 6.32. The summed E-state index contributed by atoms with van der Waals surface area (Å²) in [5.41, 5.74) is 0.0579. The standard InChI is InChI=1S/C23H16F3N3O3S2/c1-2-10-28-21(32)19(34-22(28)33)18-15-8-3-4-9-16(15)29(20(18)31)12-17(30)27-14-7-5-6-13(11-14)23(24,25)26/h2-9,11H,1,10,12H2,(H,27,30). The average Bonchev–Trinajstić information content (AvgIpc) is 3.21. The van der Waals surface area contributed by atoms with Gasteiger partial charge in [0.2, 0.25) is 5.91 Å². The van der Waals surface area contributed by atoms with Crippen molar-refractivity contribution in [3.05, 3.63) is 77.2 Å². The van der Waals surface area contributed by atoms with Gasteiger partial charge in [-0.15, -0.1) is 6.58 Å². The first-order chi connectivity index (χ1) is 16.1. The molecule has 1 N–H and O–H groups in total. The van der Waals surface area contributed by atoms with Crippen molar-refractivity contribution >= 4 is 63.0 Å². The fourth-order valence-corrected chi connectivity index (χ4v) is 4.96. The number of amides is 3. The second-order valence-corrected chi connectivity index (χ2v) is 8.96. The van der Waals surface area contributed by atoms with Gasteiger partial charge < -0.3 is 5.32 Å². The number of halogens is 3. The molecule has 4 rings (SSSR count). The maximum absolute atomic E-state index is 13.3. The molecule has 2 aromatic carbocycles. The molecule has 3 amide bonds. The van der Waals surface area contributed by atoms with E-state index in [-0.39, 0.29) is 22.7 Å². The fraction of sp³-hybridized carbons (Fsp3) is 0.130. The van der Waals surface area contributed by atoms with E-state index in [0.29, 0.717) is 15.6 Å². The van der Waals surface area contributed by atoms with Crippen LogP contribution in [0.1, 0.15) is 11.1 Å². The van der Waals surface area contributed by atoms with E-state index in [1.54, 1.807) is 24.3 Å². The number of hydrogen-bond acceptors (Lipinski definition) is 5. The van der Waals surface area contributed by atoms with E-state index < -0.39 is 36.0 Å². The normalized spacial score (nSPS) is 17.9. The van der Waals surface area contributed by atoms with E-state index in [9.17, 15) is 27.6 Å². The van der Waals surface area contributed by atoms with Gasteiger partial charge in [-0.25, -0.2) is 0 Å². The average molecular weight is 504 g/mol. The van der Waals surface area contributed by atoms with Crippen LogP contribution in [0, 0.1) is 0 Å². The first kappa shape index (κ1) is 23.7. The number of nitrogens with zero attached hydrogens (tertiary/aromatic N) is 2. The Morgan fingerprint density at radius 2 is 1.82 bits per heavy atom. The molecule has 0 aromatic heterocycles. The Balaban J connectivity index is 1.62. The molecule has 0 radical (unpaired) electrons. The van der Waals surface area contributed by atoms with Gasteiger partial charge in [0.05, 0.1) is 21.7 Å². The van der Waals surface area contributed by atoms with Crippen molar-refractivity contribution in [3.8, 4) is 0 Å². The molecule has 0 aliphatic carbocycles. The zero-order chi connectivity index (χ0) is 24.6. The number of fused-ring (bicyclic) bond motifs is 1. The van der Waals surface area contributed by atoms with Gasteiger partial charge in [0.15, 0.2) is 0 Å². The van der Waals surface area contributed by atoms with Crippen LogP contribution in [0.2, 0.25) is 0 Å². The number of para-hydroxylation sites is 1. The summed E-state index contributed by atoms with van der Waals surface area (Å²) in [6.45, 7) is 3.34. The molecule has 11 heteroatoms. The molecule has 2 aliphatic heterocycles. The van der Waals surface area contributed by atoms with Crippen molar-refractivity contribution in [1.82, 2.24) is 4.90 Å². The van der Waals surface area contributed by atoms with Crippen molar-refractivity contribution < 1.29 is 27.6 Å². The SMILES string of the molecule is C=CCN1C(=O)C(=C2C(=O)N(CC(=O)Nc3cccc(C(F)(F)F)c3)c3ccccc32)SC1=S. The molecule has 174 valence electrons. The number of hydrogen-bond donors (Lipinski definition) is 1. The van der Waals surface area contributed by atoms with E-state index in [2.05, 4.69) is 11.9 Å². The predicted octanol–water partition coefficient (Wildman–Crippen LogP) is 4.45. The van der Waals surface area contributed by atoms with E-state index in [1.165, 1.54) is 28.0 Å². The van der Waals surface area contributed by atoms with E-state index in [0.717, 1.165) is 23.9 Å². The highest BCUT2D eigenvalue weighted by Crippen LogP contribution is 2.44. The molecule has 0 spiro atoms. The second kappa shape index (κ2) is 9.07. The first-order valence-electron chi connectivity index (χ1n) is 9.89. The second-order valence-electron chi connectivity index (χ2n) is 7.31. The largest absolute Gasteiger partial charge is 0.416 e. The molecule has 2 aliphatic rings. The molecular formula is C23H16F3N3O3S2. The lowest BCUT2D eigenvalue weighted by Crippen LogP contribution is -2.35. The van der Waals surface area contributed by atoms with Crippen molar-refractivity contribution in [3.63, 3.8) is 0 Å². The topological polar surface area (TPSA) is 69.7 Å². The molecule has 1 saturated heterocycles. The molecule has 6 nitrogen and oxygen atoms in total. The summed E-state index contributed by atoms with van der Waals surface area (Å²) < 4.78 is 39.2. The third-order valence-electron chi connectivity index (χ3n) is 5.09. The number of rotatable bonds is 5. The highest BCUT2D eigenvalue weighted by molar-refractivity contribution is 8.26. The van der Waals surface area contributed by atoms with Crippen LogP contribution in [0.3, 0.4) is 0 Å². The van der Waals surface area contributed by atoms with Gasteiger partial charge in [0.25, 0.3) is 11.8 Å². The third-order valence-corrected chi connectivity index (χ3v) is 6.53. The zero-order valence-corrected chi connectivity index (χ0v) is 19.0. The number of carbonyl (C=O) groups is 3. The maximum atomic E-state index is 13.3. The highest BCUT2D eigenvalue weighted by Gasteiger charge is 2.42. The van der Waals surface area contributed by atoms with Crippen LogP contribution in [0.25, 0.3) is 5.57 Å². The Bertz CT molecular complexity index is 1270. The summed E-state index contributed by atoms with van der Waals surface area (Å²) in [4.78, 5) is 41.6. The van der Waals surface area contributed by atoms with E-state index in [4.69, 9.17) is 12.2 Å². The van der Waals surface area contributed by atoms with Crippen LogP contribution in [0.4, 0.5) is 24.5 Å². The fourth-order valence-electron chi connectivity index (χ4n) is 3.61. The highest BCUT2D eigenvalue weighted by atomic mass is 32.2. The molecule has 0 unspecified atom stereocenters. The summed E-state index contributed by atoms with van der Waals surface area (Å²) >= 11 is 6.26.